The second kappa shape index (κ2) is 4.77. The summed E-state index contributed by atoms with van der Waals surface area (Å²) in [6, 6.07) is 4.80. The number of carbonyl (C=O) groups excluding carboxylic acids is 1. The molecule has 0 aliphatic heterocycles. The van der Waals surface area contributed by atoms with Gasteiger partial charge in [0.05, 0.1) is 0 Å². The van der Waals surface area contributed by atoms with Gasteiger partial charge in [0.25, 0.3) is 0 Å². The monoisotopic (exact) mass is 189 g/mol. The van der Waals surface area contributed by atoms with Crippen molar-refractivity contribution in [1.29, 1.82) is 0 Å². The zero-order chi connectivity index (χ0) is 10.4. The van der Waals surface area contributed by atoms with Gasteiger partial charge in [0.2, 0.25) is 0 Å². The normalized spacial score (nSPS) is 8.57. The van der Waals surface area contributed by atoms with Crippen molar-refractivity contribution in [3.05, 3.63) is 29.6 Å². The van der Waals surface area contributed by atoms with Gasteiger partial charge in [-0.15, -0.1) is 0 Å². The third-order valence-electron chi connectivity index (χ3n) is 1.35. The van der Waals surface area contributed by atoms with Gasteiger partial charge in [-0.2, -0.15) is 0 Å². The molecule has 1 aromatic heterocycles. The second-order valence-corrected chi connectivity index (χ2v) is 2.44. The molecule has 1 heterocycles. The standard InChI is InChI=1S/C10H7NO3/c12-7-9-5-1-3-8(11-9)4-2-6-10(13)14/h1,3,5,7H,6H2,(H,13,14). The molecule has 0 aromatic carbocycles. The van der Waals surface area contributed by atoms with Crippen molar-refractivity contribution in [3.8, 4) is 11.8 Å². The summed E-state index contributed by atoms with van der Waals surface area (Å²) < 4.78 is 0. The van der Waals surface area contributed by atoms with E-state index in [-0.39, 0.29) is 12.1 Å². The highest BCUT2D eigenvalue weighted by atomic mass is 16.4. The number of aliphatic carboxylic acids is 1. The van der Waals surface area contributed by atoms with Crippen LogP contribution in [0.4, 0.5) is 0 Å². The highest BCUT2D eigenvalue weighted by Gasteiger charge is 1.93. The van der Waals surface area contributed by atoms with Crippen molar-refractivity contribution in [3.63, 3.8) is 0 Å². The molecule has 1 N–H and O–H groups in total. The molecule has 1 aromatic rings. The minimum Gasteiger partial charge on any atom is -0.481 e. The van der Waals surface area contributed by atoms with Gasteiger partial charge in [-0.1, -0.05) is 12.0 Å². The topological polar surface area (TPSA) is 67.3 Å². The number of hydrogen-bond acceptors (Lipinski definition) is 3. The van der Waals surface area contributed by atoms with Crippen LogP contribution in [-0.4, -0.2) is 22.3 Å². The Kier molecular flexibility index (Phi) is 3.39. The Balaban J connectivity index is 2.79. The Morgan fingerprint density at radius 2 is 2.36 bits per heavy atom. The first kappa shape index (κ1) is 9.93. The molecular weight excluding hydrogens is 182 g/mol. The van der Waals surface area contributed by atoms with Crippen molar-refractivity contribution in [2.45, 2.75) is 6.42 Å². The Hall–Kier alpha value is -2.15. The van der Waals surface area contributed by atoms with Crippen LogP contribution in [0.2, 0.25) is 0 Å². The molecule has 0 aliphatic carbocycles. The number of carboxylic acid groups (broad SMARTS) is 1. The maximum absolute atomic E-state index is 10.3. The molecule has 0 fully saturated rings. The van der Waals surface area contributed by atoms with Crippen molar-refractivity contribution >= 4 is 12.3 Å². The minimum absolute atomic E-state index is 0.229. The van der Waals surface area contributed by atoms with Gasteiger partial charge in [0.1, 0.15) is 17.8 Å². The van der Waals surface area contributed by atoms with E-state index in [2.05, 4.69) is 16.8 Å². The zero-order valence-electron chi connectivity index (χ0n) is 7.23. The number of nitrogens with zero attached hydrogens (tertiary/aromatic N) is 1. The molecule has 0 aliphatic rings. The highest BCUT2D eigenvalue weighted by molar-refractivity contribution is 5.72. The fourth-order valence-electron chi connectivity index (χ4n) is 0.797. The average molecular weight is 189 g/mol. The van der Waals surface area contributed by atoms with Crippen LogP contribution in [0.25, 0.3) is 0 Å². The molecular formula is C10H7NO3. The van der Waals surface area contributed by atoms with Crippen LogP contribution in [0.3, 0.4) is 0 Å². The van der Waals surface area contributed by atoms with E-state index in [1.165, 1.54) is 0 Å². The van der Waals surface area contributed by atoms with E-state index in [4.69, 9.17) is 5.11 Å². The van der Waals surface area contributed by atoms with Crippen molar-refractivity contribution in [1.82, 2.24) is 4.98 Å². The number of rotatable bonds is 2. The lowest BCUT2D eigenvalue weighted by Crippen LogP contribution is -1.92. The van der Waals surface area contributed by atoms with Gasteiger partial charge in [-0.25, -0.2) is 4.98 Å². The highest BCUT2D eigenvalue weighted by Crippen LogP contribution is 1.95. The fourth-order valence-corrected chi connectivity index (χ4v) is 0.797. The molecule has 1 rings (SSSR count). The predicted molar refractivity (Wildman–Crippen MR) is 48.8 cm³/mol. The molecule has 70 valence electrons. The molecule has 4 nitrogen and oxygen atoms in total. The summed E-state index contributed by atoms with van der Waals surface area (Å²) in [7, 11) is 0. The van der Waals surface area contributed by atoms with Gasteiger partial charge < -0.3 is 5.11 Å². The van der Waals surface area contributed by atoms with Gasteiger partial charge in [-0.3, -0.25) is 9.59 Å². The van der Waals surface area contributed by atoms with Crippen LogP contribution >= 0.6 is 0 Å². The van der Waals surface area contributed by atoms with Gasteiger partial charge in [0.15, 0.2) is 6.29 Å². The summed E-state index contributed by atoms with van der Waals surface area (Å²) in [5.41, 5.74) is 0.683. The van der Waals surface area contributed by atoms with E-state index >= 15 is 0 Å². The van der Waals surface area contributed by atoms with Gasteiger partial charge >= 0.3 is 5.97 Å². The Bertz CT molecular complexity index is 415. The summed E-state index contributed by atoms with van der Waals surface area (Å²) in [6.07, 6.45) is 0.384. The first-order valence-electron chi connectivity index (χ1n) is 3.85. The van der Waals surface area contributed by atoms with Crippen LogP contribution < -0.4 is 0 Å². The van der Waals surface area contributed by atoms with E-state index in [1.807, 2.05) is 0 Å². The third kappa shape index (κ3) is 3.07. The molecule has 0 bridgehead atoms. The lowest BCUT2D eigenvalue weighted by molar-refractivity contribution is -0.135. The molecule has 0 saturated carbocycles. The van der Waals surface area contributed by atoms with Crippen LogP contribution in [0, 0.1) is 11.8 Å². The quantitative estimate of drug-likeness (QED) is 0.549. The molecule has 0 radical (unpaired) electrons. The summed E-state index contributed by atoms with van der Waals surface area (Å²) in [4.78, 5) is 24.3. The number of carboxylic acids is 1. The van der Waals surface area contributed by atoms with Crippen LogP contribution in [0.15, 0.2) is 18.2 Å². The summed E-state index contributed by atoms with van der Waals surface area (Å²) >= 11 is 0. The number of aromatic nitrogens is 1. The van der Waals surface area contributed by atoms with Crippen molar-refractivity contribution < 1.29 is 14.7 Å². The lowest BCUT2D eigenvalue weighted by atomic mass is 10.3. The number of pyridine rings is 1. The Morgan fingerprint density at radius 1 is 1.57 bits per heavy atom. The van der Waals surface area contributed by atoms with E-state index in [1.54, 1.807) is 18.2 Å². The Morgan fingerprint density at radius 3 is 3.00 bits per heavy atom. The third-order valence-corrected chi connectivity index (χ3v) is 1.35. The van der Waals surface area contributed by atoms with Crippen molar-refractivity contribution in [2.24, 2.45) is 0 Å². The molecule has 14 heavy (non-hydrogen) atoms. The maximum atomic E-state index is 10.3. The summed E-state index contributed by atoms with van der Waals surface area (Å²) in [6.45, 7) is 0. The first-order valence-corrected chi connectivity index (χ1v) is 3.85. The largest absolute Gasteiger partial charge is 0.481 e. The van der Waals surface area contributed by atoms with Gasteiger partial charge in [-0.05, 0) is 18.1 Å². The molecule has 0 spiro atoms. The van der Waals surface area contributed by atoms with Crippen LogP contribution in [0.1, 0.15) is 22.6 Å². The maximum Gasteiger partial charge on any atom is 0.315 e. The SMILES string of the molecule is O=Cc1cccc(C#CCC(=O)O)n1. The van der Waals surface area contributed by atoms with E-state index in [0.29, 0.717) is 12.0 Å². The minimum atomic E-state index is -0.982. The average Bonchev–Trinajstić information content (AvgIpc) is 2.18. The van der Waals surface area contributed by atoms with Crippen LogP contribution in [0.5, 0.6) is 0 Å². The fraction of sp³-hybridized carbons (Fsp3) is 0.100. The molecule has 0 atom stereocenters. The van der Waals surface area contributed by atoms with E-state index in [0.717, 1.165) is 0 Å². The molecule has 0 unspecified atom stereocenters. The second-order valence-electron chi connectivity index (χ2n) is 2.44. The molecule has 4 heteroatoms. The smallest absolute Gasteiger partial charge is 0.315 e. The van der Waals surface area contributed by atoms with Crippen LogP contribution in [-0.2, 0) is 4.79 Å². The van der Waals surface area contributed by atoms with E-state index < -0.39 is 5.97 Å². The predicted octanol–water partition coefficient (Wildman–Crippen LogP) is 0.720. The summed E-state index contributed by atoms with van der Waals surface area (Å²) in [5.74, 6) is 3.99. The molecule has 0 saturated heterocycles. The number of carbonyl (C=O) groups is 2. The summed E-state index contributed by atoms with van der Waals surface area (Å²) in [5, 5.41) is 8.31. The van der Waals surface area contributed by atoms with Crippen molar-refractivity contribution in [2.75, 3.05) is 0 Å². The number of aldehydes is 1. The first-order chi connectivity index (χ1) is 6.72. The van der Waals surface area contributed by atoms with E-state index in [9.17, 15) is 9.59 Å². The zero-order valence-corrected chi connectivity index (χ0v) is 7.23. The number of hydrogen-bond donors (Lipinski definition) is 1. The lowest BCUT2D eigenvalue weighted by Gasteiger charge is -1.90. The molecule has 0 amide bonds. The van der Waals surface area contributed by atoms with Gasteiger partial charge in [0, 0.05) is 0 Å². The Labute approximate surface area is 80.6 Å².